The molecule has 2 aromatic heterocycles. The topological polar surface area (TPSA) is 51.4 Å². The Morgan fingerprint density at radius 1 is 1.33 bits per heavy atom. The van der Waals surface area contributed by atoms with Crippen molar-refractivity contribution in [2.24, 2.45) is 12.0 Å². The maximum absolute atomic E-state index is 13.8. The van der Waals surface area contributed by atoms with Crippen LogP contribution < -0.4 is 10.1 Å². The summed E-state index contributed by atoms with van der Waals surface area (Å²) in [6.45, 7) is 4.71. The van der Waals surface area contributed by atoms with Crippen molar-refractivity contribution in [3.8, 4) is 5.75 Å². The van der Waals surface area contributed by atoms with Crippen molar-refractivity contribution in [2.75, 3.05) is 18.6 Å². The predicted molar refractivity (Wildman–Crippen MR) is 105 cm³/mol. The highest BCUT2D eigenvalue weighted by Crippen LogP contribution is 2.28. The Bertz CT molecular complexity index is 1010. The van der Waals surface area contributed by atoms with Crippen LogP contribution in [0.15, 0.2) is 41.5 Å². The van der Waals surface area contributed by atoms with Crippen LogP contribution in [0.2, 0.25) is 0 Å². The van der Waals surface area contributed by atoms with E-state index in [4.69, 9.17) is 4.74 Å². The summed E-state index contributed by atoms with van der Waals surface area (Å²) in [5.41, 5.74) is 3.32. The van der Waals surface area contributed by atoms with E-state index in [-0.39, 0.29) is 12.4 Å². The van der Waals surface area contributed by atoms with E-state index >= 15 is 0 Å². The van der Waals surface area contributed by atoms with E-state index in [0.717, 1.165) is 22.3 Å². The first-order valence-electron chi connectivity index (χ1n) is 8.38. The van der Waals surface area contributed by atoms with Gasteiger partial charge in [-0.2, -0.15) is 0 Å². The zero-order chi connectivity index (χ0) is 19.4. The molecule has 3 rings (SSSR count). The summed E-state index contributed by atoms with van der Waals surface area (Å²) in [7, 11) is 1.92. The lowest BCUT2D eigenvalue weighted by atomic mass is 10.2. The maximum atomic E-state index is 13.8. The molecule has 0 aliphatic carbocycles. The van der Waals surface area contributed by atoms with Gasteiger partial charge in [-0.3, -0.25) is 4.99 Å². The van der Waals surface area contributed by atoms with Gasteiger partial charge >= 0.3 is 0 Å². The Balaban J connectivity index is 1.94. The van der Waals surface area contributed by atoms with Crippen molar-refractivity contribution >= 4 is 35.3 Å². The molecule has 5 nitrogen and oxygen atoms in total. The van der Waals surface area contributed by atoms with Crippen molar-refractivity contribution in [1.29, 1.82) is 0 Å². The summed E-state index contributed by atoms with van der Waals surface area (Å²) < 4.78 is 33.2. The van der Waals surface area contributed by atoms with Crippen LogP contribution in [0.3, 0.4) is 0 Å². The lowest BCUT2D eigenvalue weighted by Gasteiger charge is -2.10. The number of aryl methyl sites for hydroxylation is 2. The van der Waals surface area contributed by atoms with Gasteiger partial charge in [0, 0.05) is 42.1 Å². The number of nitrogens with zero attached hydrogens (tertiary/aromatic N) is 3. The minimum Gasteiger partial charge on any atom is -0.491 e. The zero-order valence-electron chi connectivity index (χ0n) is 15.2. The lowest BCUT2D eigenvalue weighted by molar-refractivity contribution is 0.272. The molecule has 1 aromatic carbocycles. The van der Waals surface area contributed by atoms with E-state index in [0.29, 0.717) is 11.5 Å². The van der Waals surface area contributed by atoms with Gasteiger partial charge in [-0.05, 0) is 43.5 Å². The molecule has 0 saturated heterocycles. The zero-order valence-corrected chi connectivity index (χ0v) is 15.2. The molecule has 1 N–H and O–H groups in total. The van der Waals surface area contributed by atoms with Crippen molar-refractivity contribution in [3.05, 3.63) is 53.6 Å². The molecule has 0 saturated carbocycles. The number of fused-ring (bicyclic) bond motifs is 1. The van der Waals surface area contributed by atoms with E-state index in [1.165, 1.54) is 12.1 Å². The molecule has 0 aliphatic heterocycles. The van der Waals surface area contributed by atoms with Crippen LogP contribution in [-0.2, 0) is 7.05 Å². The molecule has 0 radical (unpaired) electrons. The number of benzene rings is 1. The van der Waals surface area contributed by atoms with Crippen LogP contribution in [0.1, 0.15) is 11.3 Å². The Morgan fingerprint density at radius 3 is 2.89 bits per heavy atom. The smallest absolute Gasteiger partial charge is 0.142 e. The summed E-state index contributed by atoms with van der Waals surface area (Å²) in [6.07, 6.45) is 3.50. The highest BCUT2D eigenvalue weighted by molar-refractivity contribution is 5.86. The third kappa shape index (κ3) is 3.97. The van der Waals surface area contributed by atoms with Crippen molar-refractivity contribution in [1.82, 2.24) is 9.55 Å². The SMILES string of the molecule is C=N/C=C\c1c(C)c2ccc(Nc3cc(F)cc(OCCF)c3)nc2n1C. The first-order valence-corrected chi connectivity index (χ1v) is 8.38. The standard InChI is InChI=1S/C20H20F2N4O/c1-13-17-4-5-19(25-20(17)26(3)18(13)6-8-23-2)24-15-10-14(22)11-16(12-15)27-9-7-21/h4-6,8,10-12H,2,7,9H2,1,3H3,(H,24,25)/b8-6-. The number of pyridine rings is 1. The number of rotatable bonds is 7. The van der Waals surface area contributed by atoms with Gasteiger partial charge in [0.2, 0.25) is 0 Å². The van der Waals surface area contributed by atoms with Crippen LogP contribution in [0, 0.1) is 12.7 Å². The van der Waals surface area contributed by atoms with Crippen LogP contribution in [0.5, 0.6) is 5.75 Å². The second-order valence-electron chi connectivity index (χ2n) is 5.97. The van der Waals surface area contributed by atoms with E-state index in [9.17, 15) is 8.78 Å². The number of aromatic nitrogens is 2. The molecule has 2 heterocycles. The number of hydrogen-bond donors (Lipinski definition) is 1. The van der Waals surface area contributed by atoms with Gasteiger partial charge in [-0.25, -0.2) is 13.8 Å². The van der Waals surface area contributed by atoms with Gasteiger partial charge < -0.3 is 14.6 Å². The Kier molecular flexibility index (Phi) is 5.49. The number of nitrogens with one attached hydrogen (secondary N) is 1. The minimum absolute atomic E-state index is 0.119. The number of halogens is 2. The first-order chi connectivity index (χ1) is 13.0. The fourth-order valence-corrected chi connectivity index (χ4v) is 2.95. The Morgan fingerprint density at radius 2 is 2.15 bits per heavy atom. The summed E-state index contributed by atoms with van der Waals surface area (Å²) >= 11 is 0. The molecule has 0 amide bonds. The van der Waals surface area contributed by atoms with E-state index in [2.05, 4.69) is 22.0 Å². The summed E-state index contributed by atoms with van der Waals surface area (Å²) in [4.78, 5) is 8.38. The fourth-order valence-electron chi connectivity index (χ4n) is 2.95. The Labute approximate surface area is 156 Å². The lowest BCUT2D eigenvalue weighted by Crippen LogP contribution is -2.01. The van der Waals surface area contributed by atoms with Gasteiger partial charge in [0.1, 0.15) is 36.3 Å². The first kappa shape index (κ1) is 18.6. The molecule has 0 spiro atoms. The van der Waals surface area contributed by atoms with Crippen LogP contribution >= 0.6 is 0 Å². The third-order valence-electron chi connectivity index (χ3n) is 4.17. The number of hydrogen-bond acceptors (Lipinski definition) is 4. The largest absolute Gasteiger partial charge is 0.491 e. The number of ether oxygens (including phenoxy) is 1. The number of anilines is 2. The molecule has 3 aromatic rings. The molecule has 0 aliphatic rings. The van der Waals surface area contributed by atoms with Crippen LogP contribution in [-0.4, -0.2) is 29.6 Å². The second kappa shape index (κ2) is 7.99. The van der Waals surface area contributed by atoms with E-state index in [1.807, 2.05) is 36.7 Å². The third-order valence-corrected chi connectivity index (χ3v) is 4.17. The summed E-state index contributed by atoms with van der Waals surface area (Å²) in [5, 5.41) is 4.08. The highest BCUT2D eigenvalue weighted by Gasteiger charge is 2.12. The molecular formula is C20H20F2N4O. The Hall–Kier alpha value is -3.22. The van der Waals surface area contributed by atoms with Crippen molar-refractivity contribution < 1.29 is 13.5 Å². The summed E-state index contributed by atoms with van der Waals surface area (Å²) in [6, 6.07) is 7.92. The average Bonchev–Trinajstić information content (AvgIpc) is 2.88. The molecular weight excluding hydrogens is 350 g/mol. The predicted octanol–water partition coefficient (Wildman–Crippen LogP) is 4.78. The highest BCUT2D eigenvalue weighted by atomic mass is 19.1. The number of aliphatic imine (C=N–C) groups is 1. The van der Waals surface area contributed by atoms with Crippen LogP contribution in [0.4, 0.5) is 20.3 Å². The molecule has 0 bridgehead atoms. The molecule has 140 valence electrons. The fraction of sp³-hybridized carbons (Fsp3) is 0.200. The average molecular weight is 370 g/mol. The van der Waals surface area contributed by atoms with Gasteiger partial charge in [0.05, 0.1) is 0 Å². The summed E-state index contributed by atoms with van der Waals surface area (Å²) in [5.74, 6) is 0.340. The van der Waals surface area contributed by atoms with Gasteiger partial charge in [-0.15, -0.1) is 0 Å². The van der Waals surface area contributed by atoms with Crippen molar-refractivity contribution in [2.45, 2.75) is 6.92 Å². The number of alkyl halides is 1. The quantitative estimate of drug-likeness (QED) is 0.609. The van der Waals surface area contributed by atoms with Gasteiger partial charge in [-0.1, -0.05) is 0 Å². The molecule has 0 fully saturated rings. The second-order valence-corrected chi connectivity index (χ2v) is 5.97. The normalized spacial score (nSPS) is 11.3. The monoisotopic (exact) mass is 370 g/mol. The van der Waals surface area contributed by atoms with Crippen molar-refractivity contribution in [3.63, 3.8) is 0 Å². The molecule has 0 atom stereocenters. The van der Waals surface area contributed by atoms with Gasteiger partial charge in [0.25, 0.3) is 0 Å². The van der Waals surface area contributed by atoms with E-state index in [1.54, 1.807) is 12.3 Å². The van der Waals surface area contributed by atoms with Crippen LogP contribution in [0.25, 0.3) is 17.1 Å². The molecule has 27 heavy (non-hydrogen) atoms. The molecule has 0 unspecified atom stereocenters. The van der Waals surface area contributed by atoms with Gasteiger partial charge in [0.15, 0.2) is 0 Å². The van der Waals surface area contributed by atoms with E-state index < -0.39 is 12.5 Å². The maximum Gasteiger partial charge on any atom is 0.142 e. The minimum atomic E-state index is -0.636. The molecule has 7 heteroatoms.